The second kappa shape index (κ2) is 2.23. The van der Waals surface area contributed by atoms with Gasteiger partial charge in [0.15, 0.2) is 0 Å². The predicted octanol–water partition coefficient (Wildman–Crippen LogP) is 0.657. The van der Waals surface area contributed by atoms with Crippen molar-refractivity contribution >= 4 is 0 Å². The minimum atomic E-state index is 0.558. The van der Waals surface area contributed by atoms with Crippen LogP contribution in [0.15, 0.2) is 12.3 Å². The van der Waals surface area contributed by atoms with Crippen LogP contribution in [0.1, 0.15) is 11.3 Å². The Labute approximate surface area is 53.0 Å². The Kier molecular flexibility index (Phi) is 1.41. The Balaban J connectivity index is 3.12. The third-order valence-corrected chi connectivity index (χ3v) is 0.906. The molecule has 44 valence electrons. The minimum absolute atomic E-state index is 0.558. The molecule has 0 fully saturated rings. The van der Waals surface area contributed by atoms with Gasteiger partial charge in [-0.05, 0) is 13.0 Å². The molecule has 0 spiro atoms. The van der Waals surface area contributed by atoms with Crippen molar-refractivity contribution in [3.8, 4) is 6.07 Å². The van der Waals surface area contributed by atoms with E-state index in [0.29, 0.717) is 5.56 Å². The van der Waals surface area contributed by atoms with Gasteiger partial charge < -0.3 is 0 Å². The predicted molar refractivity (Wildman–Crippen MR) is 31.5 cm³/mol. The average Bonchev–Trinajstić information content (AvgIpc) is 1.88. The molecule has 0 amide bonds. The molecule has 0 saturated heterocycles. The van der Waals surface area contributed by atoms with E-state index < -0.39 is 0 Å². The zero-order chi connectivity index (χ0) is 6.69. The zero-order valence-corrected chi connectivity index (χ0v) is 5.00. The number of hydrogen-bond acceptors (Lipinski definition) is 3. The highest BCUT2D eigenvalue weighted by Crippen LogP contribution is 1.93. The van der Waals surface area contributed by atoms with Crippen molar-refractivity contribution in [2.45, 2.75) is 6.92 Å². The molecule has 0 aliphatic heterocycles. The Morgan fingerprint density at radius 2 is 2.44 bits per heavy atom. The molecule has 0 aliphatic carbocycles. The van der Waals surface area contributed by atoms with Crippen LogP contribution in [0.25, 0.3) is 0 Å². The van der Waals surface area contributed by atoms with Gasteiger partial charge >= 0.3 is 0 Å². The summed E-state index contributed by atoms with van der Waals surface area (Å²) in [6.07, 6.45) is 1.44. The van der Waals surface area contributed by atoms with Crippen molar-refractivity contribution in [3.05, 3.63) is 23.5 Å². The van der Waals surface area contributed by atoms with Crippen molar-refractivity contribution < 1.29 is 0 Å². The van der Waals surface area contributed by atoms with Crippen LogP contribution in [0.2, 0.25) is 0 Å². The van der Waals surface area contributed by atoms with Gasteiger partial charge in [0.1, 0.15) is 6.07 Å². The van der Waals surface area contributed by atoms with Crippen LogP contribution >= 0.6 is 0 Å². The molecule has 0 unspecified atom stereocenters. The molecule has 1 heterocycles. The molecule has 0 atom stereocenters. The van der Waals surface area contributed by atoms with E-state index in [0.717, 1.165) is 5.69 Å². The highest BCUT2D eigenvalue weighted by Gasteiger charge is 1.88. The molecule has 0 radical (unpaired) electrons. The molecule has 3 nitrogen and oxygen atoms in total. The molecule has 0 aromatic carbocycles. The molecule has 0 saturated carbocycles. The fraction of sp³-hybridized carbons (Fsp3) is 0.167. The standard InChI is InChI=1S/C6H5N3/c1-5-2-6(3-7)4-8-9-5/h2,4H,1H3. The van der Waals surface area contributed by atoms with Crippen LogP contribution in [0.4, 0.5) is 0 Å². The molecule has 9 heavy (non-hydrogen) atoms. The third kappa shape index (κ3) is 1.23. The van der Waals surface area contributed by atoms with Gasteiger partial charge in [-0.25, -0.2) is 0 Å². The van der Waals surface area contributed by atoms with Gasteiger partial charge in [-0.3, -0.25) is 0 Å². The Hall–Kier alpha value is -1.43. The minimum Gasteiger partial charge on any atom is -0.192 e. The lowest BCUT2D eigenvalue weighted by atomic mass is 10.3. The number of rotatable bonds is 0. The normalized spacial score (nSPS) is 8.44. The molecule has 3 heteroatoms. The van der Waals surface area contributed by atoms with Crippen LogP contribution in [-0.4, -0.2) is 10.2 Å². The van der Waals surface area contributed by atoms with Gasteiger partial charge in [-0.1, -0.05) is 0 Å². The van der Waals surface area contributed by atoms with Crippen LogP contribution in [-0.2, 0) is 0 Å². The number of hydrogen-bond donors (Lipinski definition) is 0. The Bertz CT molecular complexity index is 249. The molecule has 0 bridgehead atoms. The van der Waals surface area contributed by atoms with E-state index in [1.165, 1.54) is 6.20 Å². The number of aromatic nitrogens is 2. The van der Waals surface area contributed by atoms with Crippen molar-refractivity contribution in [1.29, 1.82) is 5.26 Å². The summed E-state index contributed by atoms with van der Waals surface area (Å²) in [6.45, 7) is 1.80. The van der Waals surface area contributed by atoms with Crippen LogP contribution in [0.3, 0.4) is 0 Å². The second-order valence-electron chi connectivity index (χ2n) is 1.70. The van der Waals surface area contributed by atoms with E-state index in [1.807, 2.05) is 6.07 Å². The summed E-state index contributed by atoms with van der Waals surface area (Å²) in [5.41, 5.74) is 1.33. The quantitative estimate of drug-likeness (QED) is 0.504. The van der Waals surface area contributed by atoms with Gasteiger partial charge in [0, 0.05) is 0 Å². The van der Waals surface area contributed by atoms with Crippen molar-refractivity contribution in [3.63, 3.8) is 0 Å². The molecule has 0 N–H and O–H groups in total. The van der Waals surface area contributed by atoms with Gasteiger partial charge in [-0.2, -0.15) is 15.5 Å². The number of aryl methyl sites for hydroxylation is 1. The molecular formula is C6H5N3. The summed E-state index contributed by atoms with van der Waals surface area (Å²) < 4.78 is 0. The van der Waals surface area contributed by atoms with Gasteiger partial charge in [0.05, 0.1) is 17.5 Å². The lowest BCUT2D eigenvalue weighted by molar-refractivity contribution is 0.975. The van der Waals surface area contributed by atoms with E-state index in [2.05, 4.69) is 10.2 Å². The molecular weight excluding hydrogens is 114 g/mol. The maximum absolute atomic E-state index is 8.34. The first-order chi connectivity index (χ1) is 4.33. The average molecular weight is 119 g/mol. The lowest BCUT2D eigenvalue weighted by Crippen LogP contribution is -1.85. The fourth-order valence-corrected chi connectivity index (χ4v) is 0.534. The SMILES string of the molecule is Cc1cc(C#N)cnn1. The van der Waals surface area contributed by atoms with Crippen LogP contribution < -0.4 is 0 Å². The molecule has 1 rings (SSSR count). The number of nitriles is 1. The van der Waals surface area contributed by atoms with Crippen molar-refractivity contribution in [1.82, 2.24) is 10.2 Å². The molecule has 1 aromatic heterocycles. The molecule has 1 aromatic rings. The third-order valence-electron chi connectivity index (χ3n) is 0.906. The smallest absolute Gasteiger partial charge is 0.101 e. The number of nitrogens with zero attached hydrogens (tertiary/aromatic N) is 3. The van der Waals surface area contributed by atoms with E-state index in [-0.39, 0.29) is 0 Å². The van der Waals surface area contributed by atoms with E-state index in [1.54, 1.807) is 13.0 Å². The summed E-state index contributed by atoms with van der Waals surface area (Å²) in [4.78, 5) is 0. The zero-order valence-electron chi connectivity index (χ0n) is 5.00. The van der Waals surface area contributed by atoms with Gasteiger partial charge in [-0.15, -0.1) is 0 Å². The molecule has 0 aliphatic rings. The highest BCUT2D eigenvalue weighted by molar-refractivity contribution is 5.25. The van der Waals surface area contributed by atoms with Gasteiger partial charge in [0.25, 0.3) is 0 Å². The maximum atomic E-state index is 8.34. The first kappa shape index (κ1) is 5.70. The summed E-state index contributed by atoms with van der Waals surface area (Å²) in [5.74, 6) is 0. The topological polar surface area (TPSA) is 49.6 Å². The summed E-state index contributed by atoms with van der Waals surface area (Å²) >= 11 is 0. The largest absolute Gasteiger partial charge is 0.192 e. The first-order valence-corrected chi connectivity index (χ1v) is 2.52. The van der Waals surface area contributed by atoms with E-state index in [9.17, 15) is 0 Å². The summed E-state index contributed by atoms with van der Waals surface area (Å²) in [7, 11) is 0. The van der Waals surface area contributed by atoms with Gasteiger partial charge in [0.2, 0.25) is 0 Å². The Morgan fingerprint density at radius 3 is 2.89 bits per heavy atom. The summed E-state index contributed by atoms with van der Waals surface area (Å²) in [6, 6.07) is 3.65. The van der Waals surface area contributed by atoms with E-state index in [4.69, 9.17) is 5.26 Å². The maximum Gasteiger partial charge on any atom is 0.101 e. The highest BCUT2D eigenvalue weighted by atomic mass is 15.1. The monoisotopic (exact) mass is 119 g/mol. The first-order valence-electron chi connectivity index (χ1n) is 2.52. The second-order valence-corrected chi connectivity index (χ2v) is 1.70. The summed E-state index contributed by atoms with van der Waals surface area (Å²) in [5, 5.41) is 15.6. The van der Waals surface area contributed by atoms with Crippen molar-refractivity contribution in [2.24, 2.45) is 0 Å². The van der Waals surface area contributed by atoms with Crippen molar-refractivity contribution in [2.75, 3.05) is 0 Å². The van der Waals surface area contributed by atoms with Crippen LogP contribution in [0, 0.1) is 18.3 Å². The fourth-order valence-electron chi connectivity index (χ4n) is 0.534. The van der Waals surface area contributed by atoms with Crippen LogP contribution in [0.5, 0.6) is 0 Å². The lowest BCUT2D eigenvalue weighted by Gasteiger charge is -1.86. The van der Waals surface area contributed by atoms with E-state index >= 15 is 0 Å². The Morgan fingerprint density at radius 1 is 1.67 bits per heavy atom.